The normalized spacial score (nSPS) is 12.7. The summed E-state index contributed by atoms with van der Waals surface area (Å²) in [6.45, 7) is 2.13. The minimum atomic E-state index is -1.03. The van der Waals surface area contributed by atoms with Crippen LogP contribution in [0.5, 0.6) is 0 Å². The minimum absolute atomic E-state index is 0.265. The van der Waals surface area contributed by atoms with Gasteiger partial charge in [-0.3, -0.25) is 9.59 Å². The number of allylic oxidation sites excluding steroid dienone is 2. The van der Waals surface area contributed by atoms with Crippen molar-refractivity contribution in [2.24, 2.45) is 5.92 Å². The van der Waals surface area contributed by atoms with Crippen LogP contribution in [-0.2, 0) is 9.59 Å². The van der Waals surface area contributed by atoms with Crippen LogP contribution in [0.15, 0.2) is 12.2 Å². The maximum atomic E-state index is 10.9. The van der Waals surface area contributed by atoms with Crippen LogP contribution < -0.4 is 0 Å². The maximum absolute atomic E-state index is 10.9. The fourth-order valence-corrected chi connectivity index (χ4v) is 2.17. The Bertz CT molecular complexity index is 297. The van der Waals surface area contributed by atoms with Crippen molar-refractivity contribution in [3.8, 4) is 0 Å². The Balaban J connectivity index is 3.48. The zero-order valence-corrected chi connectivity index (χ0v) is 12.5. The lowest BCUT2D eigenvalue weighted by atomic mass is 9.97. The second kappa shape index (κ2) is 12.7. The highest BCUT2D eigenvalue weighted by Gasteiger charge is 2.19. The smallest absolute Gasteiger partial charge is 0.307 e. The molecule has 0 heterocycles. The summed E-state index contributed by atoms with van der Waals surface area (Å²) in [6, 6.07) is 0. The third-order valence-corrected chi connectivity index (χ3v) is 3.35. The molecule has 0 saturated carbocycles. The number of hydrogen-bond donors (Lipinski definition) is 2. The van der Waals surface area contributed by atoms with E-state index in [1.165, 1.54) is 19.3 Å². The molecule has 1 atom stereocenters. The third kappa shape index (κ3) is 11.8. The first-order valence-electron chi connectivity index (χ1n) is 7.67. The number of carboxylic acid groups (broad SMARTS) is 2. The van der Waals surface area contributed by atoms with E-state index < -0.39 is 17.9 Å². The largest absolute Gasteiger partial charge is 0.481 e. The highest BCUT2D eigenvalue weighted by molar-refractivity contribution is 5.77. The van der Waals surface area contributed by atoms with Gasteiger partial charge in [0, 0.05) is 0 Å². The van der Waals surface area contributed by atoms with Gasteiger partial charge in [0.2, 0.25) is 0 Å². The molecule has 116 valence electrons. The van der Waals surface area contributed by atoms with Crippen molar-refractivity contribution in [2.75, 3.05) is 0 Å². The number of unbranched alkanes of at least 4 members (excludes halogenated alkanes) is 6. The molecule has 4 heteroatoms. The van der Waals surface area contributed by atoms with E-state index in [1.807, 2.05) is 0 Å². The molecule has 1 unspecified atom stereocenters. The molecule has 0 radical (unpaired) electrons. The van der Waals surface area contributed by atoms with Gasteiger partial charge in [-0.15, -0.1) is 0 Å². The van der Waals surface area contributed by atoms with Gasteiger partial charge in [-0.25, -0.2) is 0 Å². The van der Waals surface area contributed by atoms with E-state index in [1.54, 1.807) is 0 Å². The van der Waals surface area contributed by atoms with E-state index in [0.29, 0.717) is 6.42 Å². The fraction of sp³-hybridized carbons (Fsp3) is 0.750. The van der Waals surface area contributed by atoms with E-state index in [9.17, 15) is 9.59 Å². The van der Waals surface area contributed by atoms with Gasteiger partial charge in [-0.2, -0.15) is 0 Å². The van der Waals surface area contributed by atoms with Gasteiger partial charge in [-0.05, 0) is 25.7 Å². The van der Waals surface area contributed by atoms with Crippen LogP contribution in [0.25, 0.3) is 0 Å². The van der Waals surface area contributed by atoms with E-state index in [4.69, 9.17) is 10.2 Å². The first kappa shape index (κ1) is 18.7. The van der Waals surface area contributed by atoms with Crippen molar-refractivity contribution >= 4 is 11.9 Å². The lowest BCUT2D eigenvalue weighted by Gasteiger charge is -2.09. The summed E-state index contributed by atoms with van der Waals surface area (Å²) < 4.78 is 0. The van der Waals surface area contributed by atoms with Crippen molar-refractivity contribution in [1.29, 1.82) is 0 Å². The van der Waals surface area contributed by atoms with E-state index >= 15 is 0 Å². The van der Waals surface area contributed by atoms with Crippen molar-refractivity contribution < 1.29 is 19.8 Å². The number of carboxylic acids is 2. The van der Waals surface area contributed by atoms with Crippen molar-refractivity contribution in [2.45, 2.75) is 71.1 Å². The van der Waals surface area contributed by atoms with Gasteiger partial charge in [0.1, 0.15) is 0 Å². The van der Waals surface area contributed by atoms with Crippen molar-refractivity contribution in [1.82, 2.24) is 0 Å². The molecule has 0 bridgehead atoms. The molecule has 2 N–H and O–H groups in total. The highest BCUT2D eigenvalue weighted by Crippen LogP contribution is 2.16. The molecule has 0 aromatic heterocycles. The monoisotopic (exact) mass is 284 g/mol. The van der Waals surface area contributed by atoms with Gasteiger partial charge >= 0.3 is 11.9 Å². The minimum Gasteiger partial charge on any atom is -0.481 e. The summed E-state index contributed by atoms with van der Waals surface area (Å²) in [5, 5.41) is 17.5. The predicted octanol–water partition coefficient (Wildman–Crippen LogP) is 4.25. The van der Waals surface area contributed by atoms with E-state index in [0.717, 1.165) is 32.1 Å². The van der Waals surface area contributed by atoms with E-state index in [2.05, 4.69) is 19.1 Å². The van der Waals surface area contributed by atoms with Gasteiger partial charge in [0.15, 0.2) is 0 Å². The van der Waals surface area contributed by atoms with Gasteiger partial charge in [0.25, 0.3) is 0 Å². The molecule has 0 amide bonds. The quantitative estimate of drug-likeness (QED) is 0.391. The van der Waals surface area contributed by atoms with Gasteiger partial charge in [0.05, 0.1) is 12.3 Å². The summed E-state index contributed by atoms with van der Waals surface area (Å²) in [6.07, 6.45) is 13.4. The number of carbonyl (C=O) groups is 2. The van der Waals surface area contributed by atoms with Crippen LogP contribution in [0.2, 0.25) is 0 Å². The molecule has 0 rings (SSSR count). The van der Waals surface area contributed by atoms with Crippen LogP contribution in [0.4, 0.5) is 0 Å². The summed E-state index contributed by atoms with van der Waals surface area (Å²) >= 11 is 0. The fourth-order valence-electron chi connectivity index (χ4n) is 2.17. The average molecular weight is 284 g/mol. The molecule has 4 nitrogen and oxygen atoms in total. The topological polar surface area (TPSA) is 74.6 Å². The number of rotatable bonds is 13. The summed E-state index contributed by atoms with van der Waals surface area (Å²) in [7, 11) is 0. The Labute approximate surface area is 121 Å². The molecule has 0 spiro atoms. The SMILES string of the molecule is CC/C=C/CCCCCCCCC(CC(=O)O)C(=O)O. The third-order valence-electron chi connectivity index (χ3n) is 3.35. The average Bonchev–Trinajstić information content (AvgIpc) is 2.39. The summed E-state index contributed by atoms with van der Waals surface area (Å²) in [4.78, 5) is 21.4. The predicted molar refractivity (Wildman–Crippen MR) is 79.7 cm³/mol. The van der Waals surface area contributed by atoms with Crippen LogP contribution in [0.3, 0.4) is 0 Å². The molecule has 0 aliphatic carbocycles. The Hall–Kier alpha value is -1.32. The van der Waals surface area contributed by atoms with Crippen LogP contribution in [0.1, 0.15) is 71.1 Å². The molecule has 20 heavy (non-hydrogen) atoms. The molecule has 0 fully saturated rings. The molecule has 0 saturated heterocycles. The summed E-state index contributed by atoms with van der Waals surface area (Å²) in [5.41, 5.74) is 0. The number of aliphatic carboxylic acids is 2. The van der Waals surface area contributed by atoms with Crippen LogP contribution in [0, 0.1) is 5.92 Å². The highest BCUT2D eigenvalue weighted by atomic mass is 16.4. The molecule has 0 aliphatic rings. The van der Waals surface area contributed by atoms with Crippen molar-refractivity contribution in [3.63, 3.8) is 0 Å². The molecule has 0 aromatic carbocycles. The maximum Gasteiger partial charge on any atom is 0.307 e. The van der Waals surface area contributed by atoms with Crippen LogP contribution >= 0.6 is 0 Å². The van der Waals surface area contributed by atoms with Crippen LogP contribution in [-0.4, -0.2) is 22.2 Å². The molecule has 0 aromatic rings. The van der Waals surface area contributed by atoms with Gasteiger partial charge < -0.3 is 10.2 Å². The molecular weight excluding hydrogens is 256 g/mol. The van der Waals surface area contributed by atoms with E-state index in [-0.39, 0.29) is 6.42 Å². The lowest BCUT2D eigenvalue weighted by molar-refractivity contribution is -0.148. The molecular formula is C16H28O4. The first-order valence-corrected chi connectivity index (χ1v) is 7.67. The standard InChI is InChI=1S/C16H28O4/c1-2-3-4-5-6-7-8-9-10-11-12-14(16(19)20)13-15(17)18/h3-4,14H,2,5-13H2,1H3,(H,17,18)(H,19,20)/b4-3+. The molecule has 0 aliphatic heterocycles. The van der Waals surface area contributed by atoms with Gasteiger partial charge in [-0.1, -0.05) is 51.2 Å². The Kier molecular flexibility index (Phi) is 11.9. The zero-order chi connectivity index (χ0) is 15.2. The Morgan fingerprint density at radius 3 is 2.10 bits per heavy atom. The Morgan fingerprint density at radius 2 is 1.55 bits per heavy atom. The number of hydrogen-bond acceptors (Lipinski definition) is 2. The second-order valence-electron chi connectivity index (χ2n) is 5.21. The van der Waals surface area contributed by atoms with Crippen molar-refractivity contribution in [3.05, 3.63) is 12.2 Å². The zero-order valence-electron chi connectivity index (χ0n) is 12.5. The second-order valence-corrected chi connectivity index (χ2v) is 5.21. The first-order chi connectivity index (χ1) is 9.57. The lowest BCUT2D eigenvalue weighted by Crippen LogP contribution is -2.17. The Morgan fingerprint density at radius 1 is 0.950 bits per heavy atom. The summed E-state index contributed by atoms with van der Waals surface area (Å²) in [5.74, 6) is -2.75.